The van der Waals surface area contributed by atoms with Crippen molar-refractivity contribution in [1.82, 2.24) is 5.32 Å². The van der Waals surface area contributed by atoms with Crippen LogP contribution in [-0.4, -0.2) is 39.0 Å². The van der Waals surface area contributed by atoms with E-state index >= 15 is 0 Å². The van der Waals surface area contributed by atoms with Crippen molar-refractivity contribution in [2.24, 2.45) is 0 Å². The van der Waals surface area contributed by atoms with Crippen molar-refractivity contribution in [2.45, 2.75) is 19.1 Å². The molecule has 0 saturated carbocycles. The number of benzene rings is 2. The lowest BCUT2D eigenvalue weighted by Crippen LogP contribution is -2.34. The Hall–Kier alpha value is -2.80. The second-order valence-electron chi connectivity index (χ2n) is 6.63. The summed E-state index contributed by atoms with van der Waals surface area (Å²) >= 11 is 0. The van der Waals surface area contributed by atoms with Crippen LogP contribution in [0.25, 0.3) is 6.08 Å². The average Bonchev–Trinajstić information content (AvgIpc) is 3.04. The summed E-state index contributed by atoms with van der Waals surface area (Å²) in [5, 5.41) is 2.72. The molecule has 3 rings (SSSR count). The molecule has 1 aliphatic heterocycles. The number of carbonyl (C=O) groups excluding carboxylic acids is 1. The molecule has 0 aromatic heterocycles. The minimum Gasteiger partial charge on any atom is -0.493 e. The Balaban J connectivity index is 1.59. The maximum Gasteiger partial charge on any atom is 0.244 e. The van der Waals surface area contributed by atoms with Crippen LogP contribution < -0.4 is 14.8 Å². The molecular formula is C21H23NO5S. The molecule has 28 heavy (non-hydrogen) atoms. The lowest BCUT2D eigenvalue weighted by Gasteiger charge is -2.11. The molecule has 1 aliphatic rings. The third-order valence-corrected chi connectivity index (χ3v) is 6.20. The number of hydrogen-bond acceptors (Lipinski definition) is 5. The van der Waals surface area contributed by atoms with E-state index in [4.69, 9.17) is 9.47 Å². The predicted octanol–water partition coefficient (Wildman–Crippen LogP) is 2.59. The molecule has 2 aromatic rings. The number of amides is 1. The zero-order valence-corrected chi connectivity index (χ0v) is 16.4. The number of methoxy groups -OCH3 is 1. The fourth-order valence-electron chi connectivity index (χ4n) is 2.97. The number of nitrogens with one attached hydrogen (secondary N) is 1. The van der Waals surface area contributed by atoms with Gasteiger partial charge in [0.15, 0.2) is 21.3 Å². The van der Waals surface area contributed by atoms with Gasteiger partial charge in [0.2, 0.25) is 5.91 Å². The fraction of sp³-hybridized carbons (Fsp3) is 0.286. The van der Waals surface area contributed by atoms with Crippen LogP contribution in [0, 0.1) is 0 Å². The summed E-state index contributed by atoms with van der Waals surface area (Å²) in [6.45, 7) is 0.430. The molecular weight excluding hydrogens is 378 g/mol. The van der Waals surface area contributed by atoms with E-state index in [1.54, 1.807) is 25.3 Å². The van der Waals surface area contributed by atoms with Gasteiger partial charge in [-0.05, 0) is 35.8 Å². The van der Waals surface area contributed by atoms with Gasteiger partial charge in [0.05, 0.1) is 18.6 Å². The molecule has 148 valence electrons. The van der Waals surface area contributed by atoms with Crippen molar-refractivity contribution in [1.29, 1.82) is 0 Å². The minimum absolute atomic E-state index is 0.00779. The van der Waals surface area contributed by atoms with Crippen LogP contribution in [0.15, 0.2) is 54.6 Å². The Morgan fingerprint density at radius 1 is 1.18 bits per heavy atom. The molecule has 7 heteroatoms. The van der Waals surface area contributed by atoms with E-state index in [1.165, 1.54) is 6.08 Å². The first-order valence-corrected chi connectivity index (χ1v) is 10.8. The van der Waals surface area contributed by atoms with E-state index in [1.807, 2.05) is 36.4 Å². The second-order valence-corrected chi connectivity index (χ2v) is 8.86. The predicted molar refractivity (Wildman–Crippen MR) is 108 cm³/mol. The smallest absolute Gasteiger partial charge is 0.244 e. The van der Waals surface area contributed by atoms with Crippen molar-refractivity contribution in [3.8, 4) is 11.5 Å². The van der Waals surface area contributed by atoms with Gasteiger partial charge in [0.1, 0.15) is 6.61 Å². The highest BCUT2D eigenvalue weighted by molar-refractivity contribution is 7.91. The molecule has 6 nitrogen and oxygen atoms in total. The van der Waals surface area contributed by atoms with Crippen molar-refractivity contribution in [2.75, 3.05) is 18.6 Å². The summed E-state index contributed by atoms with van der Waals surface area (Å²) in [6.07, 6.45) is 3.51. The monoisotopic (exact) mass is 401 g/mol. The third kappa shape index (κ3) is 5.60. The first-order chi connectivity index (χ1) is 13.4. The van der Waals surface area contributed by atoms with Gasteiger partial charge < -0.3 is 14.8 Å². The van der Waals surface area contributed by atoms with Gasteiger partial charge in [-0.3, -0.25) is 4.79 Å². The van der Waals surface area contributed by atoms with Gasteiger partial charge in [-0.1, -0.05) is 36.4 Å². The number of ether oxygens (including phenoxy) is 2. The van der Waals surface area contributed by atoms with Crippen LogP contribution >= 0.6 is 0 Å². The number of carbonyl (C=O) groups is 1. The fourth-order valence-corrected chi connectivity index (χ4v) is 4.65. The van der Waals surface area contributed by atoms with Gasteiger partial charge in [0.25, 0.3) is 0 Å². The highest BCUT2D eigenvalue weighted by Crippen LogP contribution is 2.29. The Morgan fingerprint density at radius 2 is 1.96 bits per heavy atom. The normalized spacial score (nSPS) is 18.1. The standard InChI is InChI=1S/C21H23NO5S/c1-26-20-13-16(7-9-19(20)27-14-17-5-3-2-4-6-17)8-10-21(23)22-18-11-12-28(24,25)15-18/h2-10,13,18H,11-12,14-15H2,1H3,(H,22,23)/b10-8+/t18-/m0/s1. The Labute approximate surface area is 165 Å². The van der Waals surface area contributed by atoms with Crippen LogP contribution in [0.4, 0.5) is 0 Å². The van der Waals surface area contributed by atoms with Gasteiger partial charge in [-0.25, -0.2) is 8.42 Å². The Morgan fingerprint density at radius 3 is 2.64 bits per heavy atom. The largest absolute Gasteiger partial charge is 0.493 e. The maximum absolute atomic E-state index is 12.0. The van der Waals surface area contributed by atoms with E-state index in [0.717, 1.165) is 11.1 Å². The summed E-state index contributed by atoms with van der Waals surface area (Å²) in [6, 6.07) is 14.9. The summed E-state index contributed by atoms with van der Waals surface area (Å²) in [5.41, 5.74) is 1.83. The molecule has 1 fully saturated rings. The first kappa shape index (κ1) is 19.9. The zero-order valence-electron chi connectivity index (χ0n) is 15.6. The molecule has 0 spiro atoms. The topological polar surface area (TPSA) is 81.7 Å². The van der Waals surface area contributed by atoms with E-state index in [0.29, 0.717) is 24.5 Å². The lowest BCUT2D eigenvalue weighted by molar-refractivity contribution is -0.116. The van der Waals surface area contributed by atoms with Gasteiger partial charge >= 0.3 is 0 Å². The van der Waals surface area contributed by atoms with E-state index < -0.39 is 9.84 Å². The van der Waals surface area contributed by atoms with E-state index in [9.17, 15) is 13.2 Å². The minimum atomic E-state index is -3.02. The molecule has 2 aromatic carbocycles. The van der Waals surface area contributed by atoms with Crippen molar-refractivity contribution in [3.63, 3.8) is 0 Å². The van der Waals surface area contributed by atoms with E-state index in [-0.39, 0.29) is 23.5 Å². The lowest BCUT2D eigenvalue weighted by atomic mass is 10.1. The number of sulfone groups is 1. The SMILES string of the molecule is COc1cc(/C=C/C(=O)N[C@H]2CCS(=O)(=O)C2)ccc1OCc1ccccc1. The third-order valence-electron chi connectivity index (χ3n) is 4.43. The van der Waals surface area contributed by atoms with Crippen LogP contribution in [0.2, 0.25) is 0 Å². The van der Waals surface area contributed by atoms with Crippen LogP contribution in [-0.2, 0) is 21.2 Å². The molecule has 1 heterocycles. The number of hydrogen-bond donors (Lipinski definition) is 1. The molecule has 1 saturated heterocycles. The Kier molecular flexibility index (Phi) is 6.36. The summed E-state index contributed by atoms with van der Waals surface area (Å²) < 4.78 is 34.1. The van der Waals surface area contributed by atoms with Crippen molar-refractivity contribution in [3.05, 3.63) is 65.7 Å². The zero-order chi connectivity index (χ0) is 20.0. The van der Waals surface area contributed by atoms with Crippen LogP contribution in [0.5, 0.6) is 11.5 Å². The molecule has 0 radical (unpaired) electrons. The summed E-state index contributed by atoms with van der Waals surface area (Å²) in [7, 11) is -1.46. The van der Waals surface area contributed by atoms with Crippen LogP contribution in [0.3, 0.4) is 0 Å². The summed E-state index contributed by atoms with van der Waals surface area (Å²) in [4.78, 5) is 12.0. The maximum atomic E-state index is 12.0. The summed E-state index contributed by atoms with van der Waals surface area (Å²) in [5.74, 6) is 1.01. The van der Waals surface area contributed by atoms with Gasteiger partial charge in [-0.2, -0.15) is 0 Å². The molecule has 1 atom stereocenters. The van der Waals surface area contributed by atoms with E-state index in [2.05, 4.69) is 5.32 Å². The highest BCUT2D eigenvalue weighted by atomic mass is 32.2. The molecule has 1 N–H and O–H groups in total. The quantitative estimate of drug-likeness (QED) is 0.721. The van der Waals surface area contributed by atoms with Crippen LogP contribution in [0.1, 0.15) is 17.5 Å². The van der Waals surface area contributed by atoms with Crippen molar-refractivity contribution >= 4 is 21.8 Å². The highest BCUT2D eigenvalue weighted by Gasteiger charge is 2.28. The first-order valence-electron chi connectivity index (χ1n) is 8.99. The Bertz CT molecular complexity index is 954. The molecule has 0 unspecified atom stereocenters. The van der Waals surface area contributed by atoms with Crippen molar-refractivity contribution < 1.29 is 22.7 Å². The second kappa shape index (κ2) is 8.93. The van der Waals surface area contributed by atoms with Gasteiger partial charge in [-0.15, -0.1) is 0 Å². The molecule has 1 amide bonds. The number of rotatable bonds is 7. The molecule has 0 aliphatic carbocycles. The average molecular weight is 401 g/mol. The molecule has 0 bridgehead atoms. The van der Waals surface area contributed by atoms with Gasteiger partial charge in [0, 0.05) is 12.1 Å².